The summed E-state index contributed by atoms with van der Waals surface area (Å²) in [6.07, 6.45) is 1.95. The number of nitrogens with one attached hydrogen (secondary N) is 1. The summed E-state index contributed by atoms with van der Waals surface area (Å²) in [5.41, 5.74) is 1.75. The molecule has 1 N–H and O–H groups in total. The maximum absolute atomic E-state index is 6.47. The molecule has 8 heteroatoms. The third-order valence-corrected chi connectivity index (χ3v) is 4.53. The van der Waals surface area contributed by atoms with Crippen molar-refractivity contribution in [3.05, 3.63) is 48.0 Å². The highest BCUT2D eigenvalue weighted by Gasteiger charge is 2.26. The van der Waals surface area contributed by atoms with Crippen molar-refractivity contribution in [3.63, 3.8) is 0 Å². The highest BCUT2D eigenvalue weighted by atomic mass is 16.5. The quantitative estimate of drug-likeness (QED) is 0.726. The Balaban J connectivity index is 1.53. The second-order valence-electron chi connectivity index (χ2n) is 6.46. The van der Waals surface area contributed by atoms with Crippen molar-refractivity contribution in [3.8, 4) is 0 Å². The minimum atomic E-state index is -0.0920. The van der Waals surface area contributed by atoms with E-state index < -0.39 is 0 Å². The summed E-state index contributed by atoms with van der Waals surface area (Å²) in [5.74, 6) is 0.703. The number of aromatic nitrogens is 5. The lowest BCUT2D eigenvalue weighted by Crippen LogP contribution is -2.33. The molecule has 0 aliphatic carbocycles. The predicted molar refractivity (Wildman–Crippen MR) is 95.8 cm³/mol. The fourth-order valence-corrected chi connectivity index (χ4v) is 3.18. The number of rotatable bonds is 6. The van der Waals surface area contributed by atoms with E-state index in [1.807, 2.05) is 30.3 Å². The van der Waals surface area contributed by atoms with Crippen LogP contribution in [-0.2, 0) is 9.47 Å². The molecular weight excluding hydrogens is 332 g/mol. The number of hydrogen-bond acceptors (Lipinski definition) is 7. The van der Waals surface area contributed by atoms with E-state index >= 15 is 0 Å². The molecule has 2 unspecified atom stereocenters. The Bertz CT molecular complexity index is 834. The molecule has 3 heterocycles. The van der Waals surface area contributed by atoms with Crippen LogP contribution >= 0.6 is 0 Å². The van der Waals surface area contributed by atoms with E-state index in [9.17, 15) is 0 Å². The third kappa shape index (κ3) is 3.81. The van der Waals surface area contributed by atoms with Gasteiger partial charge in [-0.05, 0) is 47.9 Å². The molecule has 8 nitrogen and oxygen atoms in total. The molecule has 1 saturated heterocycles. The second-order valence-corrected chi connectivity index (χ2v) is 6.46. The standard InChI is InChI=1S/C18H22N6O2/c1-13(19-16-7-8-17-20-22-23-24(17)21-16)18(14-5-3-2-4-6-14)26-15-9-11-25-12-10-15/h2-8,13,15,18H,9-12H2,1H3,(H,19,21). The van der Waals surface area contributed by atoms with Crippen molar-refractivity contribution in [2.24, 2.45) is 0 Å². The molecule has 0 radical (unpaired) electrons. The van der Waals surface area contributed by atoms with Crippen LogP contribution in [0.25, 0.3) is 5.65 Å². The van der Waals surface area contributed by atoms with E-state index in [0.29, 0.717) is 11.5 Å². The zero-order valence-electron chi connectivity index (χ0n) is 14.7. The highest BCUT2D eigenvalue weighted by molar-refractivity contribution is 5.43. The Morgan fingerprint density at radius 2 is 1.96 bits per heavy atom. The van der Waals surface area contributed by atoms with Gasteiger partial charge in [0, 0.05) is 13.2 Å². The molecule has 0 bridgehead atoms. The van der Waals surface area contributed by atoms with Crippen molar-refractivity contribution >= 4 is 11.5 Å². The van der Waals surface area contributed by atoms with Crippen molar-refractivity contribution in [2.75, 3.05) is 18.5 Å². The lowest BCUT2D eigenvalue weighted by molar-refractivity contribution is -0.0739. The molecule has 2 atom stereocenters. The zero-order valence-corrected chi connectivity index (χ0v) is 14.7. The van der Waals surface area contributed by atoms with Crippen LogP contribution in [0.15, 0.2) is 42.5 Å². The Kier molecular flexibility index (Phi) is 5.03. The minimum Gasteiger partial charge on any atom is -0.381 e. The summed E-state index contributed by atoms with van der Waals surface area (Å²) in [5, 5.41) is 19.2. The normalized spacial score (nSPS) is 17.9. The number of fused-ring (bicyclic) bond motifs is 1. The van der Waals surface area contributed by atoms with Gasteiger partial charge in [0.15, 0.2) is 5.65 Å². The molecule has 3 aromatic rings. The largest absolute Gasteiger partial charge is 0.381 e. The number of hydrogen-bond donors (Lipinski definition) is 1. The molecule has 26 heavy (non-hydrogen) atoms. The van der Waals surface area contributed by atoms with Gasteiger partial charge in [0.1, 0.15) is 11.9 Å². The SMILES string of the molecule is CC(Nc1ccc2nnnn2n1)C(OC1CCOCC1)c1ccccc1. The van der Waals surface area contributed by atoms with E-state index in [0.717, 1.165) is 31.6 Å². The van der Waals surface area contributed by atoms with Gasteiger partial charge in [0.2, 0.25) is 0 Å². The van der Waals surface area contributed by atoms with Gasteiger partial charge in [-0.1, -0.05) is 30.3 Å². The maximum atomic E-state index is 6.47. The van der Waals surface area contributed by atoms with Crippen LogP contribution in [0, 0.1) is 0 Å². The molecule has 1 aliphatic heterocycles. The van der Waals surface area contributed by atoms with E-state index in [4.69, 9.17) is 9.47 Å². The van der Waals surface area contributed by atoms with E-state index in [-0.39, 0.29) is 18.2 Å². The lowest BCUT2D eigenvalue weighted by atomic mass is 10.0. The van der Waals surface area contributed by atoms with Crippen LogP contribution in [0.4, 0.5) is 5.82 Å². The lowest BCUT2D eigenvalue weighted by Gasteiger charge is -2.32. The van der Waals surface area contributed by atoms with Gasteiger partial charge in [-0.3, -0.25) is 0 Å². The average molecular weight is 354 g/mol. The fraction of sp³-hybridized carbons (Fsp3) is 0.444. The summed E-state index contributed by atoms with van der Waals surface area (Å²) in [6, 6.07) is 14.0. The Hall–Kier alpha value is -2.58. The summed E-state index contributed by atoms with van der Waals surface area (Å²) >= 11 is 0. The molecule has 0 saturated carbocycles. The summed E-state index contributed by atoms with van der Waals surface area (Å²) in [6.45, 7) is 3.61. The van der Waals surface area contributed by atoms with Gasteiger partial charge in [0.05, 0.1) is 12.1 Å². The zero-order chi connectivity index (χ0) is 17.8. The van der Waals surface area contributed by atoms with Crippen molar-refractivity contribution in [1.82, 2.24) is 25.3 Å². The predicted octanol–water partition coefficient (Wildman–Crippen LogP) is 2.26. The fourth-order valence-electron chi connectivity index (χ4n) is 3.18. The van der Waals surface area contributed by atoms with Crippen LogP contribution in [0.3, 0.4) is 0 Å². The third-order valence-electron chi connectivity index (χ3n) is 4.53. The number of anilines is 1. The molecule has 2 aromatic heterocycles. The van der Waals surface area contributed by atoms with Gasteiger partial charge in [-0.25, -0.2) is 0 Å². The summed E-state index contributed by atoms with van der Waals surface area (Å²) < 4.78 is 13.3. The smallest absolute Gasteiger partial charge is 0.200 e. The van der Waals surface area contributed by atoms with Crippen LogP contribution in [0.2, 0.25) is 0 Å². The molecule has 1 fully saturated rings. The number of ether oxygens (including phenoxy) is 2. The topological polar surface area (TPSA) is 86.5 Å². The number of benzene rings is 1. The second kappa shape index (κ2) is 7.76. The molecule has 1 aromatic carbocycles. The van der Waals surface area contributed by atoms with E-state index in [1.54, 1.807) is 0 Å². The van der Waals surface area contributed by atoms with Crippen molar-refractivity contribution in [2.45, 2.75) is 38.0 Å². The highest BCUT2D eigenvalue weighted by Crippen LogP contribution is 2.27. The molecule has 0 amide bonds. The number of tetrazole rings is 1. The van der Waals surface area contributed by atoms with Gasteiger partial charge in [0.25, 0.3) is 0 Å². The van der Waals surface area contributed by atoms with Crippen molar-refractivity contribution in [1.29, 1.82) is 0 Å². The first-order valence-electron chi connectivity index (χ1n) is 8.90. The van der Waals surface area contributed by atoms with Crippen LogP contribution in [0.5, 0.6) is 0 Å². The number of nitrogens with zero attached hydrogens (tertiary/aromatic N) is 5. The first-order valence-corrected chi connectivity index (χ1v) is 8.90. The maximum Gasteiger partial charge on any atom is 0.200 e. The van der Waals surface area contributed by atoms with Gasteiger partial charge in [-0.2, -0.15) is 0 Å². The Morgan fingerprint density at radius 1 is 1.15 bits per heavy atom. The minimum absolute atomic E-state index is 0.0154. The first-order chi connectivity index (χ1) is 12.8. The van der Waals surface area contributed by atoms with E-state index in [1.165, 1.54) is 4.63 Å². The van der Waals surface area contributed by atoms with Crippen LogP contribution in [0.1, 0.15) is 31.4 Å². The molecule has 136 valence electrons. The monoisotopic (exact) mass is 354 g/mol. The molecule has 4 rings (SSSR count). The van der Waals surface area contributed by atoms with E-state index in [2.05, 4.69) is 45.0 Å². The molecular formula is C18H22N6O2. The molecule has 1 aliphatic rings. The summed E-state index contributed by atoms with van der Waals surface area (Å²) in [4.78, 5) is 0. The average Bonchev–Trinajstić information content (AvgIpc) is 3.15. The van der Waals surface area contributed by atoms with Crippen LogP contribution in [-0.4, -0.2) is 50.6 Å². The Labute approximate surface area is 151 Å². The van der Waals surface area contributed by atoms with Gasteiger partial charge in [-0.15, -0.1) is 14.8 Å². The van der Waals surface area contributed by atoms with Gasteiger partial charge < -0.3 is 14.8 Å². The Morgan fingerprint density at radius 3 is 2.77 bits per heavy atom. The van der Waals surface area contributed by atoms with Crippen molar-refractivity contribution < 1.29 is 9.47 Å². The first kappa shape index (κ1) is 16.9. The van der Waals surface area contributed by atoms with Gasteiger partial charge >= 0.3 is 0 Å². The van der Waals surface area contributed by atoms with Crippen LogP contribution < -0.4 is 5.32 Å². The molecule has 0 spiro atoms. The summed E-state index contributed by atoms with van der Waals surface area (Å²) in [7, 11) is 0.